The van der Waals surface area contributed by atoms with Crippen molar-refractivity contribution < 1.29 is 9.21 Å². The summed E-state index contributed by atoms with van der Waals surface area (Å²) in [5, 5.41) is 0. The Labute approximate surface area is 164 Å². The summed E-state index contributed by atoms with van der Waals surface area (Å²) < 4.78 is 6.45. The predicted octanol–water partition coefficient (Wildman–Crippen LogP) is 5.46. The van der Waals surface area contributed by atoms with Gasteiger partial charge in [0.15, 0.2) is 0 Å². The largest absolute Gasteiger partial charge is 0.462 e. The van der Waals surface area contributed by atoms with Gasteiger partial charge < -0.3 is 4.42 Å². The van der Waals surface area contributed by atoms with Gasteiger partial charge in [-0.25, -0.2) is 0 Å². The first-order chi connectivity index (χ1) is 12.7. The van der Waals surface area contributed by atoms with Crippen molar-refractivity contribution in [2.75, 3.05) is 6.54 Å². The second kappa shape index (κ2) is 9.19. The van der Waals surface area contributed by atoms with Crippen LogP contribution < -0.4 is 0 Å². The number of hydrogen-bond acceptors (Lipinski definition) is 4. The summed E-state index contributed by atoms with van der Waals surface area (Å²) in [7, 11) is 0. The van der Waals surface area contributed by atoms with Gasteiger partial charge in [0.1, 0.15) is 15.8 Å². The summed E-state index contributed by atoms with van der Waals surface area (Å²) in [6.45, 7) is 2.79. The Morgan fingerprint density at radius 3 is 2.69 bits per heavy atom. The highest BCUT2D eigenvalue weighted by Gasteiger charge is 2.31. The van der Waals surface area contributed by atoms with Crippen molar-refractivity contribution >= 4 is 40.3 Å². The second-order valence-corrected chi connectivity index (χ2v) is 8.01. The number of carbonyl (C=O) groups is 1. The van der Waals surface area contributed by atoms with Crippen LogP contribution in [-0.2, 0) is 17.6 Å². The lowest BCUT2D eigenvalue weighted by Gasteiger charge is -2.14. The zero-order valence-electron chi connectivity index (χ0n) is 14.9. The fourth-order valence-electron chi connectivity index (χ4n) is 2.86. The number of nitrogens with zero attached hydrogens (tertiary/aromatic N) is 1. The minimum absolute atomic E-state index is 0.0279. The topological polar surface area (TPSA) is 33.5 Å². The van der Waals surface area contributed by atoms with Gasteiger partial charge in [0.05, 0.1) is 4.91 Å². The molecule has 1 fully saturated rings. The van der Waals surface area contributed by atoms with Crippen LogP contribution in [0.15, 0.2) is 51.8 Å². The molecule has 0 atom stereocenters. The minimum atomic E-state index is -0.0279. The van der Waals surface area contributed by atoms with Crippen molar-refractivity contribution in [2.45, 2.75) is 39.0 Å². The molecular formula is C21H23NO2S2. The molecule has 1 amide bonds. The molecule has 0 radical (unpaired) electrons. The number of hydrogen-bond donors (Lipinski definition) is 0. The van der Waals surface area contributed by atoms with Crippen LogP contribution in [0.3, 0.4) is 0 Å². The van der Waals surface area contributed by atoms with Crippen LogP contribution >= 0.6 is 24.0 Å². The molecule has 1 saturated heterocycles. The molecule has 2 heterocycles. The molecule has 1 aliphatic rings. The number of carbonyl (C=O) groups excluding carboxylic acids is 1. The fourth-order valence-corrected chi connectivity index (χ4v) is 4.15. The standard InChI is InChI=1S/C21H23NO2S2/c1-2-3-5-10-17-11-12-18(24-17)15-19-20(23)22(21(25)26-19)14-13-16-8-6-4-7-9-16/h4,6-9,11-12,15H,2-3,5,10,13-14H2,1H3. The maximum atomic E-state index is 12.7. The maximum absolute atomic E-state index is 12.7. The Morgan fingerprint density at radius 2 is 1.92 bits per heavy atom. The van der Waals surface area contributed by atoms with E-state index in [1.54, 1.807) is 4.90 Å². The molecule has 3 nitrogen and oxygen atoms in total. The molecule has 0 bridgehead atoms. The van der Waals surface area contributed by atoms with E-state index in [-0.39, 0.29) is 5.91 Å². The molecule has 1 aromatic carbocycles. The molecule has 0 saturated carbocycles. The average molecular weight is 386 g/mol. The van der Waals surface area contributed by atoms with Crippen LogP contribution in [0.25, 0.3) is 6.08 Å². The van der Waals surface area contributed by atoms with Crippen LogP contribution in [0.1, 0.15) is 43.3 Å². The molecule has 0 unspecified atom stereocenters. The highest BCUT2D eigenvalue weighted by Crippen LogP contribution is 2.33. The summed E-state index contributed by atoms with van der Waals surface area (Å²) in [5.41, 5.74) is 1.20. The predicted molar refractivity (Wildman–Crippen MR) is 112 cm³/mol. The maximum Gasteiger partial charge on any atom is 0.266 e. The monoisotopic (exact) mass is 385 g/mol. The molecule has 0 N–H and O–H groups in total. The van der Waals surface area contributed by atoms with Gasteiger partial charge in [-0.1, -0.05) is 74.1 Å². The quantitative estimate of drug-likeness (QED) is 0.343. The molecule has 0 spiro atoms. The van der Waals surface area contributed by atoms with Gasteiger partial charge in [0, 0.05) is 19.0 Å². The van der Waals surface area contributed by atoms with Crippen molar-refractivity contribution in [1.29, 1.82) is 0 Å². The van der Waals surface area contributed by atoms with E-state index < -0.39 is 0 Å². The number of furan rings is 1. The van der Waals surface area contributed by atoms with Gasteiger partial charge in [0.25, 0.3) is 5.91 Å². The Morgan fingerprint density at radius 1 is 1.12 bits per heavy atom. The van der Waals surface area contributed by atoms with Gasteiger partial charge >= 0.3 is 0 Å². The van der Waals surface area contributed by atoms with E-state index in [4.69, 9.17) is 16.6 Å². The van der Waals surface area contributed by atoms with Crippen LogP contribution in [0.2, 0.25) is 0 Å². The number of aryl methyl sites for hydroxylation is 1. The summed E-state index contributed by atoms with van der Waals surface area (Å²) in [4.78, 5) is 15.0. The minimum Gasteiger partial charge on any atom is -0.462 e. The highest BCUT2D eigenvalue weighted by atomic mass is 32.2. The molecule has 136 valence electrons. The third-order valence-corrected chi connectivity index (χ3v) is 5.70. The van der Waals surface area contributed by atoms with Crippen molar-refractivity contribution in [2.24, 2.45) is 0 Å². The van der Waals surface area contributed by atoms with E-state index in [2.05, 4.69) is 19.1 Å². The molecule has 26 heavy (non-hydrogen) atoms. The normalized spacial score (nSPS) is 16.0. The first-order valence-electron chi connectivity index (χ1n) is 9.05. The van der Waals surface area contributed by atoms with Crippen LogP contribution in [0.4, 0.5) is 0 Å². The van der Waals surface area contributed by atoms with Gasteiger partial charge in [-0.05, 0) is 30.5 Å². The van der Waals surface area contributed by atoms with Crippen LogP contribution in [0.5, 0.6) is 0 Å². The molecular weight excluding hydrogens is 362 g/mol. The van der Waals surface area contributed by atoms with Crippen molar-refractivity contribution in [1.82, 2.24) is 4.90 Å². The Kier molecular flexibility index (Phi) is 6.69. The zero-order chi connectivity index (χ0) is 18.4. The summed E-state index contributed by atoms with van der Waals surface area (Å²) in [5.74, 6) is 1.67. The first-order valence-corrected chi connectivity index (χ1v) is 10.3. The SMILES string of the molecule is CCCCCc1ccc(C=C2SC(=S)N(CCc3ccccc3)C2=O)o1. The first kappa shape index (κ1) is 18.9. The number of unbranched alkanes of at least 4 members (excludes halogenated alkanes) is 2. The van der Waals surface area contributed by atoms with Crippen LogP contribution in [0, 0.1) is 0 Å². The molecule has 5 heteroatoms. The number of amides is 1. The summed E-state index contributed by atoms with van der Waals surface area (Å²) >= 11 is 6.75. The van der Waals surface area contributed by atoms with E-state index in [1.807, 2.05) is 36.4 Å². The van der Waals surface area contributed by atoms with E-state index in [0.29, 0.717) is 15.8 Å². The lowest BCUT2D eigenvalue weighted by Crippen LogP contribution is -2.30. The van der Waals surface area contributed by atoms with Gasteiger partial charge in [0.2, 0.25) is 0 Å². The number of thiocarbonyl (C=S) groups is 1. The van der Waals surface area contributed by atoms with E-state index in [1.165, 1.54) is 30.2 Å². The highest BCUT2D eigenvalue weighted by molar-refractivity contribution is 8.26. The van der Waals surface area contributed by atoms with Gasteiger partial charge in [-0.3, -0.25) is 9.69 Å². The van der Waals surface area contributed by atoms with Crippen molar-refractivity contribution in [3.8, 4) is 0 Å². The van der Waals surface area contributed by atoms with Crippen molar-refractivity contribution in [3.05, 3.63) is 64.5 Å². The molecule has 1 aromatic heterocycles. The molecule has 1 aliphatic heterocycles. The smallest absolute Gasteiger partial charge is 0.266 e. The van der Waals surface area contributed by atoms with E-state index in [0.717, 1.165) is 30.8 Å². The van der Waals surface area contributed by atoms with Crippen molar-refractivity contribution in [3.63, 3.8) is 0 Å². The molecule has 2 aromatic rings. The third kappa shape index (κ3) is 4.86. The zero-order valence-corrected chi connectivity index (χ0v) is 16.6. The second-order valence-electron chi connectivity index (χ2n) is 6.33. The molecule has 0 aliphatic carbocycles. The summed E-state index contributed by atoms with van der Waals surface area (Å²) in [6.07, 6.45) is 7.08. The number of rotatable bonds is 8. The lowest BCUT2D eigenvalue weighted by atomic mass is 10.1. The average Bonchev–Trinajstić information content (AvgIpc) is 3.19. The van der Waals surface area contributed by atoms with Gasteiger partial charge in [-0.2, -0.15) is 0 Å². The lowest BCUT2D eigenvalue weighted by molar-refractivity contribution is -0.122. The fraction of sp³-hybridized carbons (Fsp3) is 0.333. The van der Waals surface area contributed by atoms with Crippen LogP contribution in [-0.4, -0.2) is 21.7 Å². The Hall–Kier alpha value is -1.85. The summed E-state index contributed by atoms with van der Waals surface area (Å²) in [6, 6.07) is 14.1. The molecule has 3 rings (SSSR count). The van der Waals surface area contributed by atoms with Gasteiger partial charge in [-0.15, -0.1) is 0 Å². The van der Waals surface area contributed by atoms with E-state index >= 15 is 0 Å². The Bertz CT molecular complexity index is 795. The number of thioether (sulfide) groups is 1. The van der Waals surface area contributed by atoms with E-state index in [9.17, 15) is 4.79 Å². The third-order valence-electron chi connectivity index (χ3n) is 4.32. The number of benzene rings is 1. The Balaban J connectivity index is 1.61.